The number of unbranched alkanes of at least 4 members (excludes halogenated alkanes) is 3. The van der Waals surface area contributed by atoms with Crippen LogP contribution in [0.5, 0.6) is 5.75 Å². The van der Waals surface area contributed by atoms with Crippen LogP contribution in [0.4, 0.5) is 4.39 Å². The zero-order valence-electron chi connectivity index (χ0n) is 44.7. The highest BCUT2D eigenvalue weighted by molar-refractivity contribution is 7.13. The number of likely N-dealkylation sites (tertiary alicyclic amines) is 1. The van der Waals surface area contributed by atoms with E-state index in [1.807, 2.05) is 37.3 Å². The number of hydrogen-bond donors (Lipinski definition) is 7. The van der Waals surface area contributed by atoms with Gasteiger partial charge in [0.1, 0.15) is 17.8 Å². The predicted molar refractivity (Wildman–Crippen MR) is 289 cm³/mol. The standard InChI is InChI=1S/C57H68FN9O10S/c1-32-48(78-31-61-32)35-14-12-34(13-15-35)42(63-52(73)44-27-38(68)30-67(44)54(75)49(56(2,3)4)64-55(76)57(58)21-22-57)29-47(70)59-23-9-7-8-10-24-60-50(71)37-16-11-33-18-20-41(40(33)25-37)62-51(72)43-28-46(77-65-43)36-17-19-39(45(69)26-36)53(74)66(5)6/h11-17,19,25-26,28,31,38,41-42,44,49,68-69H,7-10,18,20-24,27,29-30H2,1-6H3,(H,59,70)(H,60,71)(H,62,72)(H,63,73)(H,64,76)/t38-,41-,42?,44+,49?/m1/s1. The monoisotopic (exact) mass is 1090 g/mol. The van der Waals surface area contributed by atoms with Crippen LogP contribution in [-0.4, -0.2) is 129 Å². The van der Waals surface area contributed by atoms with Gasteiger partial charge in [0, 0.05) is 57.3 Å². The molecule has 7 N–H and O–H groups in total. The van der Waals surface area contributed by atoms with Gasteiger partial charge in [-0.3, -0.25) is 33.6 Å². The third-order valence-electron chi connectivity index (χ3n) is 14.5. The van der Waals surface area contributed by atoms with Gasteiger partial charge in [-0.2, -0.15) is 0 Å². The summed E-state index contributed by atoms with van der Waals surface area (Å²) in [4.78, 5) is 102. The Labute approximate surface area is 456 Å². The number of carbonyl (C=O) groups is 7. The van der Waals surface area contributed by atoms with Crippen LogP contribution in [0.15, 0.2) is 76.8 Å². The molecule has 2 aliphatic carbocycles. The Morgan fingerprint density at radius 2 is 1.60 bits per heavy atom. The minimum atomic E-state index is -2.02. The van der Waals surface area contributed by atoms with E-state index in [1.54, 1.807) is 58.6 Å². The number of aliphatic hydroxyl groups excluding tert-OH is 1. The number of aliphatic hydroxyl groups is 1. The molecule has 2 fully saturated rings. The van der Waals surface area contributed by atoms with E-state index in [9.17, 15) is 48.2 Å². The Morgan fingerprint density at radius 1 is 0.897 bits per heavy atom. The van der Waals surface area contributed by atoms with Gasteiger partial charge in [0.15, 0.2) is 17.1 Å². The van der Waals surface area contributed by atoms with Crippen molar-refractivity contribution in [2.75, 3.05) is 33.7 Å². The second-order valence-electron chi connectivity index (χ2n) is 21.8. The third kappa shape index (κ3) is 13.4. The number of carbonyl (C=O) groups excluding carboxylic acids is 7. The van der Waals surface area contributed by atoms with Gasteiger partial charge in [0.05, 0.1) is 46.3 Å². The molecule has 0 spiro atoms. The van der Waals surface area contributed by atoms with E-state index in [4.69, 9.17) is 4.52 Å². The summed E-state index contributed by atoms with van der Waals surface area (Å²) < 4.78 is 20.2. The molecule has 3 aromatic carbocycles. The highest BCUT2D eigenvalue weighted by atomic mass is 32.1. The number of benzene rings is 3. The van der Waals surface area contributed by atoms with Crippen LogP contribution < -0.4 is 26.6 Å². The lowest BCUT2D eigenvalue weighted by atomic mass is 9.85. The first-order chi connectivity index (χ1) is 37.1. The van der Waals surface area contributed by atoms with E-state index in [0.29, 0.717) is 55.5 Å². The summed E-state index contributed by atoms with van der Waals surface area (Å²) in [5.41, 5.74) is 4.26. The van der Waals surface area contributed by atoms with Crippen molar-refractivity contribution < 1.29 is 52.7 Å². The van der Waals surface area contributed by atoms with Crippen molar-refractivity contribution in [3.63, 3.8) is 0 Å². The SMILES string of the molecule is Cc1ncsc1-c1ccc(C(CC(=O)NCCCCCCNC(=O)c2ccc3c(c2)[C@H](NC(=O)c2cc(-c4ccc(C(=O)N(C)C)c(O)c4)on2)CC3)NC(=O)[C@@H]2C[C@@H](O)CN2C(=O)C(NC(=O)C2(F)CC2)C(C)(C)C)cc1. The number of halogens is 1. The summed E-state index contributed by atoms with van der Waals surface area (Å²) in [6.07, 6.45) is 3.17. The van der Waals surface area contributed by atoms with Gasteiger partial charge >= 0.3 is 0 Å². The van der Waals surface area contributed by atoms with E-state index in [0.717, 1.165) is 40.1 Å². The van der Waals surface area contributed by atoms with Gasteiger partial charge in [0.2, 0.25) is 17.7 Å². The molecule has 5 atom stereocenters. The summed E-state index contributed by atoms with van der Waals surface area (Å²) in [5, 5.41) is 39.7. The van der Waals surface area contributed by atoms with Crippen molar-refractivity contribution in [2.45, 2.75) is 128 Å². The van der Waals surface area contributed by atoms with Crippen molar-refractivity contribution in [1.82, 2.24) is 46.5 Å². The second kappa shape index (κ2) is 24.0. The van der Waals surface area contributed by atoms with E-state index in [-0.39, 0.29) is 78.8 Å². The number of alkyl halides is 1. The second-order valence-corrected chi connectivity index (χ2v) is 22.6. The number of phenols is 1. The first kappa shape index (κ1) is 56.7. The van der Waals surface area contributed by atoms with Crippen molar-refractivity contribution in [2.24, 2.45) is 5.41 Å². The minimum Gasteiger partial charge on any atom is -0.507 e. The fraction of sp³-hybridized carbons (Fsp3) is 0.456. The molecular formula is C57H68FN9O10S. The Kier molecular flexibility index (Phi) is 17.5. The zero-order chi connectivity index (χ0) is 56.1. The molecule has 1 saturated carbocycles. The number of aryl methyl sites for hydroxylation is 2. The molecule has 0 radical (unpaired) electrons. The lowest BCUT2D eigenvalue weighted by Crippen LogP contribution is -2.59. The number of nitrogens with one attached hydrogen (secondary N) is 5. The van der Waals surface area contributed by atoms with Crippen molar-refractivity contribution in [3.8, 4) is 27.5 Å². The molecule has 2 unspecified atom stereocenters. The molecule has 3 heterocycles. The van der Waals surface area contributed by atoms with Gasteiger partial charge in [-0.25, -0.2) is 9.37 Å². The summed E-state index contributed by atoms with van der Waals surface area (Å²) in [6, 6.07) is 15.4. The van der Waals surface area contributed by atoms with Gasteiger partial charge in [0.25, 0.3) is 23.6 Å². The van der Waals surface area contributed by atoms with Crippen molar-refractivity contribution in [3.05, 3.63) is 111 Å². The Hall–Kier alpha value is -7.52. The number of amides is 7. The largest absolute Gasteiger partial charge is 0.507 e. The van der Waals surface area contributed by atoms with E-state index >= 15 is 0 Å². The molecule has 0 bridgehead atoms. The number of nitrogens with zero attached hydrogens (tertiary/aromatic N) is 4. The molecule has 7 amide bonds. The first-order valence-electron chi connectivity index (χ1n) is 26.4. The smallest absolute Gasteiger partial charge is 0.273 e. The zero-order valence-corrected chi connectivity index (χ0v) is 45.6. The molecule has 3 aliphatic rings. The number of rotatable bonds is 21. The summed E-state index contributed by atoms with van der Waals surface area (Å²) in [5.74, 6) is -3.44. The highest BCUT2D eigenvalue weighted by Gasteiger charge is 2.53. The lowest BCUT2D eigenvalue weighted by molar-refractivity contribution is -0.145. The third-order valence-corrected chi connectivity index (χ3v) is 15.5. The number of phenolic OH excluding ortho intramolecular Hbond substituents is 1. The Morgan fingerprint density at radius 3 is 2.26 bits per heavy atom. The van der Waals surface area contributed by atoms with Crippen molar-refractivity contribution in [1.29, 1.82) is 0 Å². The average Bonchev–Trinajstić information content (AvgIpc) is 3.92. The topological polar surface area (TPSA) is 266 Å². The molecule has 1 saturated heterocycles. The van der Waals surface area contributed by atoms with Crippen molar-refractivity contribution >= 4 is 52.7 Å². The Bertz CT molecular complexity index is 3060. The normalized spacial score (nSPS) is 18.1. The summed E-state index contributed by atoms with van der Waals surface area (Å²) >= 11 is 1.50. The van der Waals surface area contributed by atoms with Crippen LogP contribution in [0.3, 0.4) is 0 Å². The Balaban J connectivity index is 0.801. The molecular weight excluding hydrogens is 1020 g/mol. The molecule has 414 valence electrons. The molecule has 5 aromatic rings. The van der Waals surface area contributed by atoms with E-state index in [1.165, 1.54) is 39.3 Å². The van der Waals surface area contributed by atoms with Crippen LogP contribution >= 0.6 is 11.3 Å². The number of aromatic hydroxyl groups is 1. The first-order valence-corrected chi connectivity index (χ1v) is 27.3. The van der Waals surface area contributed by atoms with E-state index in [2.05, 4.69) is 36.7 Å². The fourth-order valence-electron chi connectivity index (χ4n) is 9.83. The number of hydrogen-bond acceptors (Lipinski definition) is 13. The number of thiazole rings is 1. The maximum atomic E-state index is 14.8. The van der Waals surface area contributed by atoms with Crippen LogP contribution in [0.2, 0.25) is 0 Å². The molecule has 8 rings (SSSR count). The fourth-order valence-corrected chi connectivity index (χ4v) is 10.6. The van der Waals surface area contributed by atoms with Gasteiger partial charge in [-0.15, -0.1) is 11.3 Å². The minimum absolute atomic E-state index is 0.0350. The van der Waals surface area contributed by atoms with Crippen LogP contribution in [0.25, 0.3) is 21.8 Å². The lowest BCUT2D eigenvalue weighted by Gasteiger charge is -2.36. The van der Waals surface area contributed by atoms with Crippen LogP contribution in [0.1, 0.15) is 144 Å². The highest BCUT2D eigenvalue weighted by Crippen LogP contribution is 2.41. The maximum Gasteiger partial charge on any atom is 0.273 e. The average molecular weight is 1090 g/mol. The number of β-amino-alcohol motifs (C(OH)–C–C–N with tert-alkyl or cyclic N) is 1. The molecule has 21 heteroatoms. The number of fused-ring (bicyclic) bond motifs is 1. The summed E-state index contributed by atoms with van der Waals surface area (Å²) in [6.45, 7) is 7.75. The van der Waals surface area contributed by atoms with E-state index < -0.39 is 58.9 Å². The predicted octanol–water partition coefficient (Wildman–Crippen LogP) is 6.25. The quantitative estimate of drug-likeness (QED) is 0.0403. The molecule has 2 aromatic heterocycles. The van der Waals surface area contributed by atoms with Crippen LogP contribution in [-0.2, 0) is 25.6 Å². The van der Waals surface area contributed by atoms with Gasteiger partial charge < -0.3 is 51.1 Å². The van der Waals surface area contributed by atoms with Crippen LogP contribution in [0, 0.1) is 12.3 Å². The van der Waals surface area contributed by atoms with Gasteiger partial charge in [-0.05, 0) is 97.4 Å². The molecule has 78 heavy (non-hydrogen) atoms. The maximum absolute atomic E-state index is 14.8. The summed E-state index contributed by atoms with van der Waals surface area (Å²) in [7, 11) is 3.16. The van der Waals surface area contributed by atoms with Gasteiger partial charge in [-0.1, -0.05) is 75.2 Å². The molecule has 19 nitrogen and oxygen atoms in total. The number of aromatic nitrogens is 2. The molecule has 1 aliphatic heterocycles.